The van der Waals surface area contributed by atoms with Gasteiger partial charge < -0.3 is 14.2 Å². The first kappa shape index (κ1) is 16.7. The van der Waals surface area contributed by atoms with Crippen molar-refractivity contribution in [3.05, 3.63) is 22.6 Å². The summed E-state index contributed by atoms with van der Waals surface area (Å²) < 4.78 is 5.91. The van der Waals surface area contributed by atoms with E-state index in [-0.39, 0.29) is 11.8 Å². The topological polar surface area (TPSA) is 53.8 Å². The molecule has 0 spiro atoms. The molecule has 3 heterocycles. The molecule has 2 atom stereocenters. The van der Waals surface area contributed by atoms with E-state index in [1.165, 1.54) is 0 Å². The number of piperidine rings is 1. The molecule has 2 fully saturated rings. The second-order valence-electron chi connectivity index (χ2n) is 7.91. The Kier molecular flexibility index (Phi) is 4.34. The Labute approximate surface area is 149 Å². The van der Waals surface area contributed by atoms with E-state index >= 15 is 0 Å². The number of amides is 2. The molecule has 0 aromatic carbocycles. The fourth-order valence-corrected chi connectivity index (χ4v) is 5.02. The van der Waals surface area contributed by atoms with E-state index < -0.39 is 0 Å². The summed E-state index contributed by atoms with van der Waals surface area (Å²) in [6, 6.07) is 0.290. The number of carbonyl (C=O) groups is 2. The zero-order chi connectivity index (χ0) is 17.6. The van der Waals surface area contributed by atoms with Crippen LogP contribution in [0.4, 0.5) is 0 Å². The highest BCUT2D eigenvalue weighted by Crippen LogP contribution is 2.33. The van der Waals surface area contributed by atoms with Gasteiger partial charge in [-0.05, 0) is 51.4 Å². The number of hydrogen-bond donors (Lipinski definition) is 0. The minimum absolute atomic E-state index is 0.140. The van der Waals surface area contributed by atoms with Crippen LogP contribution in [-0.2, 0) is 17.6 Å². The van der Waals surface area contributed by atoms with Gasteiger partial charge in [0.2, 0.25) is 5.91 Å². The molecule has 3 aliphatic rings. The zero-order valence-corrected chi connectivity index (χ0v) is 15.3. The molecule has 2 amide bonds. The normalized spacial score (nSPS) is 26.9. The fourth-order valence-electron chi connectivity index (χ4n) is 5.02. The van der Waals surface area contributed by atoms with Crippen molar-refractivity contribution >= 4 is 11.8 Å². The Morgan fingerprint density at radius 3 is 2.76 bits per heavy atom. The number of likely N-dealkylation sites (tertiary alicyclic amines) is 2. The second kappa shape index (κ2) is 6.50. The van der Waals surface area contributed by atoms with Gasteiger partial charge in [0.25, 0.3) is 5.91 Å². The second-order valence-corrected chi connectivity index (χ2v) is 7.91. The van der Waals surface area contributed by atoms with Gasteiger partial charge in [-0.15, -0.1) is 0 Å². The van der Waals surface area contributed by atoms with E-state index in [2.05, 4.69) is 0 Å². The van der Waals surface area contributed by atoms with Crippen LogP contribution in [0.5, 0.6) is 0 Å². The summed E-state index contributed by atoms with van der Waals surface area (Å²) >= 11 is 0. The molecule has 2 aliphatic heterocycles. The molecule has 0 unspecified atom stereocenters. The van der Waals surface area contributed by atoms with Crippen molar-refractivity contribution in [2.45, 2.75) is 64.3 Å². The van der Waals surface area contributed by atoms with Crippen LogP contribution in [-0.4, -0.2) is 47.8 Å². The molecule has 0 N–H and O–H groups in total. The molecular formula is C20H28N2O3. The van der Waals surface area contributed by atoms with Crippen LogP contribution in [0, 0.1) is 12.8 Å². The maximum Gasteiger partial charge on any atom is 0.257 e. The van der Waals surface area contributed by atoms with Gasteiger partial charge in [-0.25, -0.2) is 0 Å². The Balaban J connectivity index is 1.55. The number of carbonyl (C=O) groups excluding carboxylic acids is 2. The van der Waals surface area contributed by atoms with Crippen LogP contribution in [0.2, 0.25) is 0 Å². The standard InChI is InChI=1S/C20H28N2O3/c1-13-19(15-7-3-4-8-17(15)25-13)20(24)22-11-10-16-14(12-22)6-5-9-18(23)21(16)2/h14,16H,3-12H2,1-2H3/t14-,16-/m1/s1. The number of hydrogen-bond acceptors (Lipinski definition) is 3. The summed E-state index contributed by atoms with van der Waals surface area (Å²) in [5.41, 5.74) is 1.98. The molecule has 4 rings (SSSR count). The number of nitrogens with zero attached hydrogens (tertiary/aromatic N) is 2. The van der Waals surface area contributed by atoms with E-state index in [4.69, 9.17) is 4.42 Å². The number of rotatable bonds is 1. The average molecular weight is 344 g/mol. The summed E-state index contributed by atoms with van der Waals surface area (Å²) in [7, 11) is 1.93. The number of furan rings is 1. The van der Waals surface area contributed by atoms with Gasteiger partial charge in [0.15, 0.2) is 0 Å². The third-order valence-corrected chi connectivity index (χ3v) is 6.40. The molecule has 136 valence electrons. The molecule has 1 aliphatic carbocycles. The lowest BCUT2D eigenvalue weighted by Crippen LogP contribution is -2.51. The maximum absolute atomic E-state index is 13.2. The third kappa shape index (κ3) is 2.87. The third-order valence-electron chi connectivity index (χ3n) is 6.40. The molecule has 0 saturated carbocycles. The smallest absolute Gasteiger partial charge is 0.257 e. The van der Waals surface area contributed by atoms with Crippen LogP contribution in [0.1, 0.15) is 66.0 Å². The van der Waals surface area contributed by atoms with E-state index in [0.717, 1.165) is 80.7 Å². The van der Waals surface area contributed by atoms with E-state index in [9.17, 15) is 9.59 Å². The lowest BCUT2D eigenvalue weighted by molar-refractivity contribution is -0.132. The average Bonchev–Trinajstić information content (AvgIpc) is 2.88. The first-order chi connectivity index (χ1) is 12.1. The molecule has 1 aromatic rings. The van der Waals surface area contributed by atoms with Crippen LogP contribution in [0.25, 0.3) is 0 Å². The number of fused-ring (bicyclic) bond motifs is 2. The predicted octanol–water partition coefficient (Wildman–Crippen LogP) is 2.94. The Bertz CT molecular complexity index is 693. The monoisotopic (exact) mass is 344 g/mol. The molecule has 5 nitrogen and oxygen atoms in total. The first-order valence-corrected chi connectivity index (χ1v) is 9.72. The maximum atomic E-state index is 13.2. The Hall–Kier alpha value is -1.78. The Morgan fingerprint density at radius 2 is 1.92 bits per heavy atom. The Morgan fingerprint density at radius 1 is 1.12 bits per heavy atom. The number of aryl methyl sites for hydroxylation is 2. The van der Waals surface area contributed by atoms with E-state index in [1.54, 1.807) is 0 Å². The molecular weight excluding hydrogens is 316 g/mol. The van der Waals surface area contributed by atoms with E-state index in [1.807, 2.05) is 23.8 Å². The zero-order valence-electron chi connectivity index (χ0n) is 15.3. The van der Waals surface area contributed by atoms with Gasteiger partial charge in [-0.2, -0.15) is 0 Å². The van der Waals surface area contributed by atoms with Crippen LogP contribution < -0.4 is 0 Å². The van der Waals surface area contributed by atoms with Crippen LogP contribution >= 0.6 is 0 Å². The quantitative estimate of drug-likeness (QED) is 0.787. The minimum Gasteiger partial charge on any atom is -0.465 e. The van der Waals surface area contributed by atoms with Crippen molar-refractivity contribution in [3.8, 4) is 0 Å². The molecule has 5 heteroatoms. The van der Waals surface area contributed by atoms with Crippen molar-refractivity contribution in [2.75, 3.05) is 20.1 Å². The SMILES string of the molecule is Cc1oc2c(c1C(=O)N1CC[C@@H]3[C@H](CCCC(=O)N3C)C1)CCCC2. The van der Waals surface area contributed by atoms with Gasteiger partial charge in [0, 0.05) is 44.6 Å². The summed E-state index contributed by atoms with van der Waals surface area (Å²) in [6.45, 7) is 3.42. The van der Waals surface area contributed by atoms with Crippen molar-refractivity contribution in [1.29, 1.82) is 0 Å². The molecule has 25 heavy (non-hydrogen) atoms. The van der Waals surface area contributed by atoms with Gasteiger partial charge in [-0.1, -0.05) is 0 Å². The molecule has 0 bridgehead atoms. The molecule has 1 aromatic heterocycles. The van der Waals surface area contributed by atoms with Crippen molar-refractivity contribution < 1.29 is 14.0 Å². The van der Waals surface area contributed by atoms with Crippen molar-refractivity contribution in [3.63, 3.8) is 0 Å². The largest absolute Gasteiger partial charge is 0.465 e. The van der Waals surface area contributed by atoms with Crippen molar-refractivity contribution in [2.24, 2.45) is 5.92 Å². The summed E-state index contributed by atoms with van der Waals surface area (Å²) in [4.78, 5) is 29.3. The molecule has 0 radical (unpaired) electrons. The summed E-state index contributed by atoms with van der Waals surface area (Å²) in [6.07, 6.45) is 7.72. The fraction of sp³-hybridized carbons (Fsp3) is 0.700. The lowest BCUT2D eigenvalue weighted by atomic mass is 9.87. The highest BCUT2D eigenvalue weighted by atomic mass is 16.3. The van der Waals surface area contributed by atoms with Gasteiger partial charge in [-0.3, -0.25) is 9.59 Å². The summed E-state index contributed by atoms with van der Waals surface area (Å²) in [5.74, 6) is 2.61. The van der Waals surface area contributed by atoms with Gasteiger partial charge in [0.1, 0.15) is 11.5 Å². The first-order valence-electron chi connectivity index (χ1n) is 9.72. The highest BCUT2D eigenvalue weighted by molar-refractivity contribution is 5.97. The lowest BCUT2D eigenvalue weighted by Gasteiger charge is -2.41. The molecule has 2 saturated heterocycles. The van der Waals surface area contributed by atoms with Crippen LogP contribution in [0.3, 0.4) is 0 Å². The van der Waals surface area contributed by atoms with Gasteiger partial charge in [0.05, 0.1) is 5.56 Å². The van der Waals surface area contributed by atoms with Gasteiger partial charge >= 0.3 is 0 Å². The minimum atomic E-state index is 0.140. The summed E-state index contributed by atoms with van der Waals surface area (Å²) in [5, 5.41) is 0. The highest BCUT2D eigenvalue weighted by Gasteiger charge is 2.38. The van der Waals surface area contributed by atoms with E-state index in [0.29, 0.717) is 18.4 Å². The van der Waals surface area contributed by atoms with Crippen LogP contribution in [0.15, 0.2) is 4.42 Å². The van der Waals surface area contributed by atoms with Crippen molar-refractivity contribution in [1.82, 2.24) is 9.80 Å². The predicted molar refractivity (Wildman–Crippen MR) is 94.5 cm³/mol.